The number of unbranched alkanes of at least 4 members (excludes halogenated alkanes) is 1. The minimum atomic E-state index is -0.422. The van der Waals surface area contributed by atoms with Gasteiger partial charge in [-0.25, -0.2) is 0 Å². The van der Waals surface area contributed by atoms with Crippen molar-refractivity contribution in [2.24, 2.45) is 11.5 Å². The maximum Gasteiger partial charge on any atom is 0.225 e. The highest BCUT2D eigenvalue weighted by atomic mass is 16.3. The number of nitrogens with two attached hydrogens (primary N) is 2. The first-order valence-corrected chi connectivity index (χ1v) is 7.56. The van der Waals surface area contributed by atoms with Crippen LogP contribution in [0.5, 0.6) is 5.75 Å². The van der Waals surface area contributed by atoms with Gasteiger partial charge in [-0.05, 0) is 43.5 Å². The van der Waals surface area contributed by atoms with E-state index in [1.807, 2.05) is 0 Å². The Hall–Kier alpha value is -1.92. The van der Waals surface area contributed by atoms with Gasteiger partial charge in [0, 0.05) is 12.8 Å². The van der Waals surface area contributed by atoms with Crippen molar-refractivity contribution in [1.29, 1.82) is 0 Å². The number of hydrogen-bond donors (Lipinski definition) is 4. The van der Waals surface area contributed by atoms with Crippen LogP contribution in [0.2, 0.25) is 0 Å². The van der Waals surface area contributed by atoms with Crippen molar-refractivity contribution in [2.45, 2.75) is 44.7 Å². The van der Waals surface area contributed by atoms with Crippen molar-refractivity contribution < 1.29 is 14.7 Å². The quantitative estimate of drug-likeness (QED) is 0.377. The van der Waals surface area contributed by atoms with Crippen molar-refractivity contribution in [3.63, 3.8) is 0 Å². The van der Waals surface area contributed by atoms with E-state index in [0.29, 0.717) is 25.8 Å². The molecule has 0 aliphatic rings. The molecule has 0 radical (unpaired) electrons. The fourth-order valence-corrected chi connectivity index (χ4v) is 2.15. The summed E-state index contributed by atoms with van der Waals surface area (Å²) in [5, 5.41) is 12.1. The second-order valence-electron chi connectivity index (χ2n) is 5.34. The molecule has 22 heavy (non-hydrogen) atoms. The number of carbonyl (C=O) groups excluding carboxylic acids is 2. The zero-order valence-corrected chi connectivity index (χ0v) is 12.8. The highest BCUT2D eigenvalue weighted by molar-refractivity contribution is 5.79. The first kappa shape index (κ1) is 18.1. The molecule has 1 atom stereocenters. The highest BCUT2D eigenvalue weighted by Gasteiger charge is 2.09. The van der Waals surface area contributed by atoms with Gasteiger partial charge in [0.05, 0.1) is 12.6 Å². The second-order valence-corrected chi connectivity index (χ2v) is 5.34. The third-order valence-corrected chi connectivity index (χ3v) is 3.27. The van der Waals surface area contributed by atoms with E-state index in [-0.39, 0.29) is 23.9 Å². The molecular weight excluding hydrogens is 282 g/mol. The molecule has 1 unspecified atom stereocenters. The molecule has 0 spiro atoms. The van der Waals surface area contributed by atoms with Crippen LogP contribution in [0.1, 0.15) is 37.7 Å². The van der Waals surface area contributed by atoms with Crippen LogP contribution in [0.4, 0.5) is 0 Å². The van der Waals surface area contributed by atoms with Crippen LogP contribution in [0.15, 0.2) is 24.3 Å². The molecule has 6 N–H and O–H groups in total. The fourth-order valence-electron chi connectivity index (χ4n) is 2.15. The molecule has 0 bridgehead atoms. The maximum absolute atomic E-state index is 11.8. The molecule has 0 aliphatic heterocycles. The second kappa shape index (κ2) is 9.92. The summed E-state index contributed by atoms with van der Waals surface area (Å²) < 4.78 is 0. The van der Waals surface area contributed by atoms with Crippen LogP contribution < -0.4 is 16.8 Å². The van der Waals surface area contributed by atoms with E-state index in [4.69, 9.17) is 11.5 Å². The number of ketones is 1. The van der Waals surface area contributed by atoms with E-state index in [0.717, 1.165) is 18.4 Å². The summed E-state index contributed by atoms with van der Waals surface area (Å²) in [7, 11) is 0. The Kier molecular flexibility index (Phi) is 8.17. The first-order valence-electron chi connectivity index (χ1n) is 7.56. The van der Waals surface area contributed by atoms with Gasteiger partial charge in [-0.2, -0.15) is 0 Å². The maximum atomic E-state index is 11.8. The lowest BCUT2D eigenvalue weighted by Crippen LogP contribution is -2.42. The minimum absolute atomic E-state index is 0.136. The molecule has 0 aliphatic carbocycles. The summed E-state index contributed by atoms with van der Waals surface area (Å²) in [6.07, 6.45) is 2.86. The SMILES string of the molecule is NCCC(=O)CCCCC(N)NC(=O)Cc1cccc(O)c1. The molecule has 0 aromatic heterocycles. The topological polar surface area (TPSA) is 118 Å². The Morgan fingerprint density at radius 1 is 1.23 bits per heavy atom. The molecule has 1 amide bonds. The van der Waals surface area contributed by atoms with Crippen molar-refractivity contribution in [1.82, 2.24) is 5.32 Å². The number of hydrogen-bond acceptors (Lipinski definition) is 5. The molecular formula is C16H25N3O3. The van der Waals surface area contributed by atoms with Gasteiger partial charge < -0.3 is 21.9 Å². The van der Waals surface area contributed by atoms with E-state index < -0.39 is 6.17 Å². The highest BCUT2D eigenvalue weighted by Crippen LogP contribution is 2.11. The summed E-state index contributed by atoms with van der Waals surface area (Å²) in [4.78, 5) is 23.1. The number of aromatic hydroxyl groups is 1. The minimum Gasteiger partial charge on any atom is -0.508 e. The molecule has 1 aromatic rings. The predicted octanol–water partition coefficient (Wildman–Crippen LogP) is 0.814. The van der Waals surface area contributed by atoms with E-state index in [2.05, 4.69) is 5.32 Å². The van der Waals surface area contributed by atoms with Gasteiger partial charge in [0.15, 0.2) is 0 Å². The standard InChI is InChI=1S/C16H25N3O3/c17-9-8-13(20)5-1-2-7-15(18)19-16(22)11-12-4-3-6-14(21)10-12/h3-4,6,10,15,21H,1-2,5,7-9,11,17-18H2,(H,19,22). The van der Waals surface area contributed by atoms with Crippen LogP contribution in [0, 0.1) is 0 Å². The molecule has 0 saturated carbocycles. The number of nitrogens with one attached hydrogen (secondary N) is 1. The third kappa shape index (κ3) is 7.75. The first-order chi connectivity index (χ1) is 10.5. The average molecular weight is 307 g/mol. The number of carbonyl (C=O) groups is 2. The van der Waals surface area contributed by atoms with Crippen LogP contribution in [-0.4, -0.2) is 29.5 Å². The van der Waals surface area contributed by atoms with Gasteiger partial charge in [-0.15, -0.1) is 0 Å². The van der Waals surface area contributed by atoms with Crippen molar-refractivity contribution >= 4 is 11.7 Å². The van der Waals surface area contributed by atoms with Crippen molar-refractivity contribution in [2.75, 3.05) is 6.54 Å². The van der Waals surface area contributed by atoms with Gasteiger partial charge in [0.25, 0.3) is 0 Å². The van der Waals surface area contributed by atoms with Crippen LogP contribution in [0.3, 0.4) is 0 Å². The summed E-state index contributed by atoms with van der Waals surface area (Å²) in [6.45, 7) is 0.392. The van der Waals surface area contributed by atoms with Gasteiger partial charge in [-0.1, -0.05) is 12.1 Å². The number of amides is 1. The number of Topliss-reactive ketones (excluding diaryl/α,β-unsaturated/α-hetero) is 1. The summed E-state index contributed by atoms with van der Waals surface area (Å²) in [5.41, 5.74) is 11.9. The summed E-state index contributed by atoms with van der Waals surface area (Å²) in [5.74, 6) is 0.123. The smallest absolute Gasteiger partial charge is 0.225 e. The Morgan fingerprint density at radius 3 is 2.68 bits per heavy atom. The average Bonchev–Trinajstić information content (AvgIpc) is 2.43. The van der Waals surface area contributed by atoms with E-state index in [1.54, 1.807) is 24.3 Å². The molecule has 6 nitrogen and oxygen atoms in total. The van der Waals surface area contributed by atoms with Crippen molar-refractivity contribution in [3.05, 3.63) is 29.8 Å². The zero-order valence-electron chi connectivity index (χ0n) is 12.8. The lowest BCUT2D eigenvalue weighted by molar-refractivity contribution is -0.121. The molecule has 0 saturated heterocycles. The van der Waals surface area contributed by atoms with Gasteiger partial charge in [0.2, 0.25) is 5.91 Å². The molecule has 122 valence electrons. The lowest BCUT2D eigenvalue weighted by atomic mass is 10.1. The molecule has 1 rings (SSSR count). The van der Waals surface area contributed by atoms with E-state index in [9.17, 15) is 14.7 Å². The van der Waals surface area contributed by atoms with Crippen molar-refractivity contribution in [3.8, 4) is 5.75 Å². The normalized spacial score (nSPS) is 11.9. The van der Waals surface area contributed by atoms with Crippen LogP contribution in [-0.2, 0) is 16.0 Å². The molecule has 0 heterocycles. The lowest BCUT2D eigenvalue weighted by Gasteiger charge is -2.13. The van der Waals surface area contributed by atoms with Gasteiger partial charge in [-0.3, -0.25) is 9.59 Å². The predicted molar refractivity (Wildman–Crippen MR) is 85.1 cm³/mol. The Balaban J connectivity index is 2.20. The van der Waals surface area contributed by atoms with Gasteiger partial charge in [0.1, 0.15) is 11.5 Å². The summed E-state index contributed by atoms with van der Waals surface area (Å²) in [6, 6.07) is 6.57. The zero-order chi connectivity index (χ0) is 16.4. The number of rotatable bonds is 10. The fraction of sp³-hybridized carbons (Fsp3) is 0.500. The Bertz CT molecular complexity index is 491. The van der Waals surface area contributed by atoms with E-state index >= 15 is 0 Å². The largest absolute Gasteiger partial charge is 0.508 e. The summed E-state index contributed by atoms with van der Waals surface area (Å²) >= 11 is 0. The Morgan fingerprint density at radius 2 is 2.00 bits per heavy atom. The molecule has 0 fully saturated rings. The van der Waals surface area contributed by atoms with Gasteiger partial charge >= 0.3 is 0 Å². The Labute approximate surface area is 130 Å². The van der Waals surface area contributed by atoms with Crippen LogP contribution >= 0.6 is 0 Å². The molecule has 6 heteroatoms. The number of benzene rings is 1. The third-order valence-electron chi connectivity index (χ3n) is 3.27. The number of phenolic OH excluding ortho intramolecular Hbond substituents is 1. The van der Waals surface area contributed by atoms with E-state index in [1.165, 1.54) is 0 Å². The monoisotopic (exact) mass is 307 g/mol. The molecule has 1 aromatic carbocycles. The van der Waals surface area contributed by atoms with Crippen LogP contribution in [0.25, 0.3) is 0 Å². The number of phenols is 1.